The second kappa shape index (κ2) is 6.53. The zero-order valence-corrected chi connectivity index (χ0v) is 12.2. The number of esters is 1. The minimum atomic E-state index is -1.54. The van der Waals surface area contributed by atoms with E-state index < -0.39 is 12.1 Å². The first-order valence-electron chi connectivity index (χ1n) is 5.17. The molecular formula is C12H13BrO6. The van der Waals surface area contributed by atoms with Gasteiger partial charge in [0.1, 0.15) is 0 Å². The Labute approximate surface area is 118 Å². The summed E-state index contributed by atoms with van der Waals surface area (Å²) in [6.45, 7) is 0. The van der Waals surface area contributed by atoms with Gasteiger partial charge in [0, 0.05) is 10.0 Å². The molecule has 7 heteroatoms. The van der Waals surface area contributed by atoms with Crippen molar-refractivity contribution in [1.82, 2.24) is 0 Å². The Balaban J connectivity index is 3.52. The highest BCUT2D eigenvalue weighted by atomic mass is 79.9. The zero-order valence-electron chi connectivity index (χ0n) is 10.6. The van der Waals surface area contributed by atoms with Gasteiger partial charge in [-0.15, -0.1) is 0 Å². The summed E-state index contributed by atoms with van der Waals surface area (Å²) in [6, 6.07) is 1.41. The van der Waals surface area contributed by atoms with Crippen molar-refractivity contribution in [3.8, 4) is 11.5 Å². The molecule has 0 heterocycles. The zero-order chi connectivity index (χ0) is 14.6. The molecule has 6 nitrogen and oxygen atoms in total. The lowest BCUT2D eigenvalue weighted by Crippen LogP contribution is -2.15. The first kappa shape index (κ1) is 15.5. The van der Waals surface area contributed by atoms with Crippen LogP contribution in [0.2, 0.25) is 0 Å². The number of ether oxygens (including phenoxy) is 3. The lowest BCUT2D eigenvalue weighted by Gasteiger charge is -2.18. The molecule has 0 saturated carbocycles. The second-order valence-corrected chi connectivity index (χ2v) is 4.33. The molecule has 0 aromatic heterocycles. The minimum Gasteiger partial charge on any atom is -0.492 e. The fourth-order valence-corrected chi connectivity index (χ4v) is 2.13. The van der Waals surface area contributed by atoms with Crippen LogP contribution in [-0.4, -0.2) is 38.7 Å². The third-order valence-corrected chi connectivity index (χ3v) is 3.15. The summed E-state index contributed by atoms with van der Waals surface area (Å²) in [7, 11) is 3.85. The molecule has 0 aliphatic carbocycles. The van der Waals surface area contributed by atoms with Crippen molar-refractivity contribution >= 4 is 28.2 Å². The number of carbonyl (C=O) groups excluding carboxylic acids is 2. The van der Waals surface area contributed by atoms with Crippen molar-refractivity contribution in [2.45, 2.75) is 6.10 Å². The van der Waals surface area contributed by atoms with Gasteiger partial charge in [0.15, 0.2) is 23.9 Å². The van der Waals surface area contributed by atoms with E-state index in [0.29, 0.717) is 10.8 Å². The molecular weight excluding hydrogens is 320 g/mol. The molecule has 0 amide bonds. The van der Waals surface area contributed by atoms with Crippen molar-refractivity contribution in [1.29, 1.82) is 0 Å². The van der Waals surface area contributed by atoms with Crippen molar-refractivity contribution in [2.24, 2.45) is 0 Å². The summed E-state index contributed by atoms with van der Waals surface area (Å²) in [4.78, 5) is 22.4. The lowest BCUT2D eigenvalue weighted by molar-refractivity contribution is -0.150. The average molecular weight is 333 g/mol. The molecule has 0 fully saturated rings. The number of aliphatic hydroxyl groups excluding tert-OH is 1. The van der Waals surface area contributed by atoms with E-state index in [4.69, 9.17) is 9.47 Å². The van der Waals surface area contributed by atoms with Crippen LogP contribution in [0.1, 0.15) is 22.0 Å². The topological polar surface area (TPSA) is 82.1 Å². The van der Waals surface area contributed by atoms with Crippen LogP contribution in [0, 0.1) is 0 Å². The molecule has 104 valence electrons. The summed E-state index contributed by atoms with van der Waals surface area (Å²) < 4.78 is 15.0. The van der Waals surface area contributed by atoms with E-state index in [9.17, 15) is 14.7 Å². The number of carbonyl (C=O) groups is 2. The van der Waals surface area contributed by atoms with Crippen LogP contribution in [-0.2, 0) is 9.53 Å². The number of aldehydes is 1. The van der Waals surface area contributed by atoms with Gasteiger partial charge in [0.05, 0.1) is 26.9 Å². The number of aliphatic hydroxyl groups is 1. The van der Waals surface area contributed by atoms with E-state index in [1.807, 2.05) is 0 Å². The Hall–Kier alpha value is -1.60. The summed E-state index contributed by atoms with van der Waals surface area (Å²) in [5, 5.41) is 9.89. The summed E-state index contributed by atoms with van der Waals surface area (Å²) in [5.41, 5.74) is 0.365. The maximum Gasteiger partial charge on any atom is 0.339 e. The van der Waals surface area contributed by atoms with Gasteiger partial charge >= 0.3 is 5.97 Å². The second-order valence-electron chi connectivity index (χ2n) is 3.47. The molecule has 1 aromatic rings. The van der Waals surface area contributed by atoms with Gasteiger partial charge in [-0.2, -0.15) is 0 Å². The number of rotatable bonds is 5. The van der Waals surface area contributed by atoms with Gasteiger partial charge in [0.25, 0.3) is 0 Å². The highest BCUT2D eigenvalue weighted by Crippen LogP contribution is 2.41. The van der Waals surface area contributed by atoms with Gasteiger partial charge in [0.2, 0.25) is 0 Å². The fourth-order valence-electron chi connectivity index (χ4n) is 1.61. The molecule has 0 aliphatic heterocycles. The third-order valence-electron chi connectivity index (χ3n) is 2.50. The molecule has 1 N–H and O–H groups in total. The van der Waals surface area contributed by atoms with Crippen LogP contribution in [0.5, 0.6) is 11.5 Å². The third kappa shape index (κ3) is 2.87. The normalized spacial score (nSPS) is 11.6. The number of hydrogen-bond acceptors (Lipinski definition) is 6. The fraction of sp³-hybridized carbons (Fsp3) is 0.333. The van der Waals surface area contributed by atoms with Crippen molar-refractivity contribution in [3.63, 3.8) is 0 Å². The van der Waals surface area contributed by atoms with E-state index in [-0.39, 0.29) is 22.6 Å². The highest BCUT2D eigenvalue weighted by Gasteiger charge is 2.27. The molecule has 0 aliphatic rings. The van der Waals surface area contributed by atoms with E-state index in [0.717, 1.165) is 7.11 Å². The van der Waals surface area contributed by atoms with Crippen LogP contribution in [0.25, 0.3) is 0 Å². The molecule has 1 unspecified atom stereocenters. The van der Waals surface area contributed by atoms with Crippen LogP contribution in [0.3, 0.4) is 0 Å². The summed E-state index contributed by atoms with van der Waals surface area (Å²) in [5.74, 6) is -0.610. The van der Waals surface area contributed by atoms with Crippen LogP contribution in [0.4, 0.5) is 0 Å². The maximum atomic E-state index is 11.4. The molecule has 0 spiro atoms. The van der Waals surface area contributed by atoms with Gasteiger partial charge in [-0.05, 0) is 22.0 Å². The average Bonchev–Trinajstić information content (AvgIpc) is 2.43. The Morgan fingerprint density at radius 2 is 1.89 bits per heavy atom. The van der Waals surface area contributed by atoms with Crippen molar-refractivity contribution < 1.29 is 28.9 Å². The molecule has 0 saturated heterocycles. The van der Waals surface area contributed by atoms with Crippen LogP contribution >= 0.6 is 15.9 Å². The number of halogens is 1. The SMILES string of the molecule is COC(=O)C(O)c1cc(Br)c(C=O)c(OC)c1OC. The monoisotopic (exact) mass is 332 g/mol. The van der Waals surface area contributed by atoms with E-state index in [1.54, 1.807) is 0 Å². The number of hydrogen-bond donors (Lipinski definition) is 1. The Kier molecular flexibility index (Phi) is 5.31. The van der Waals surface area contributed by atoms with Crippen LogP contribution in [0.15, 0.2) is 10.5 Å². The minimum absolute atomic E-state index is 0.103. The smallest absolute Gasteiger partial charge is 0.339 e. The highest BCUT2D eigenvalue weighted by molar-refractivity contribution is 9.10. The van der Waals surface area contributed by atoms with Crippen molar-refractivity contribution in [3.05, 3.63) is 21.7 Å². The molecule has 19 heavy (non-hydrogen) atoms. The van der Waals surface area contributed by atoms with Gasteiger partial charge in [-0.1, -0.05) is 0 Å². The summed E-state index contributed by atoms with van der Waals surface area (Å²) >= 11 is 3.17. The van der Waals surface area contributed by atoms with Gasteiger partial charge < -0.3 is 19.3 Å². The van der Waals surface area contributed by atoms with E-state index in [1.165, 1.54) is 20.3 Å². The Morgan fingerprint density at radius 3 is 2.32 bits per heavy atom. The largest absolute Gasteiger partial charge is 0.492 e. The van der Waals surface area contributed by atoms with Crippen LogP contribution < -0.4 is 9.47 Å². The Bertz CT molecular complexity index is 499. The van der Waals surface area contributed by atoms with Gasteiger partial charge in [-0.3, -0.25) is 4.79 Å². The van der Waals surface area contributed by atoms with Gasteiger partial charge in [-0.25, -0.2) is 4.79 Å². The predicted molar refractivity (Wildman–Crippen MR) is 69.6 cm³/mol. The first-order valence-corrected chi connectivity index (χ1v) is 5.96. The first-order chi connectivity index (χ1) is 9.01. The molecule has 1 rings (SSSR count). The van der Waals surface area contributed by atoms with Crippen molar-refractivity contribution in [2.75, 3.05) is 21.3 Å². The molecule has 0 radical (unpaired) electrons. The lowest BCUT2D eigenvalue weighted by atomic mass is 10.0. The predicted octanol–water partition coefficient (Wildman–Crippen LogP) is 1.49. The Morgan fingerprint density at radius 1 is 1.32 bits per heavy atom. The summed E-state index contributed by atoms with van der Waals surface area (Å²) in [6.07, 6.45) is -0.953. The quantitative estimate of drug-likeness (QED) is 0.649. The standard InChI is InChI=1S/C12H13BrO6/c1-17-10-6(9(15)12(16)19-3)4-8(13)7(5-14)11(10)18-2/h4-5,9,15H,1-3H3. The molecule has 0 bridgehead atoms. The molecule has 1 aromatic carbocycles. The number of benzene rings is 1. The number of methoxy groups -OCH3 is 3. The maximum absolute atomic E-state index is 11.4. The van der Waals surface area contributed by atoms with E-state index in [2.05, 4.69) is 20.7 Å². The molecule has 1 atom stereocenters. The van der Waals surface area contributed by atoms with E-state index >= 15 is 0 Å².